The highest BCUT2D eigenvalue weighted by Gasteiger charge is 2.40. The van der Waals surface area contributed by atoms with Gasteiger partial charge in [0, 0.05) is 17.6 Å². The van der Waals surface area contributed by atoms with Crippen LogP contribution in [-0.2, 0) is 0 Å². The number of benzene rings is 5. The van der Waals surface area contributed by atoms with Crippen LogP contribution in [0.25, 0.3) is 0 Å². The lowest BCUT2D eigenvalue weighted by atomic mass is 9.35. The zero-order chi connectivity index (χ0) is 26.0. The van der Waals surface area contributed by atoms with Gasteiger partial charge in [-0.05, 0) is 73.0 Å². The molecule has 5 aromatic rings. The molecule has 0 fully saturated rings. The number of hydrogen-bond acceptors (Lipinski definition) is 3. The van der Waals surface area contributed by atoms with E-state index in [1.807, 2.05) is 12.1 Å². The number of rotatable bonds is 3. The van der Waals surface area contributed by atoms with Crippen LogP contribution in [0.15, 0.2) is 97.1 Å². The molecule has 0 N–H and O–H groups in total. The van der Waals surface area contributed by atoms with Crippen molar-refractivity contribution in [3.05, 3.63) is 119 Å². The lowest BCUT2D eigenvalue weighted by Crippen LogP contribution is -2.57. The molecular formula is C34H28BNO2. The van der Waals surface area contributed by atoms with Gasteiger partial charge in [-0.2, -0.15) is 0 Å². The van der Waals surface area contributed by atoms with E-state index in [-0.39, 0.29) is 6.71 Å². The molecule has 0 spiro atoms. The van der Waals surface area contributed by atoms with Crippen molar-refractivity contribution < 1.29 is 9.47 Å². The van der Waals surface area contributed by atoms with Gasteiger partial charge in [0.2, 0.25) is 0 Å². The summed E-state index contributed by atoms with van der Waals surface area (Å²) < 4.78 is 13.2. The highest BCUT2D eigenvalue weighted by molar-refractivity contribution is 6.98. The minimum absolute atomic E-state index is 0.0674. The Labute approximate surface area is 224 Å². The molecule has 7 rings (SSSR count). The Morgan fingerprint density at radius 3 is 1.37 bits per heavy atom. The zero-order valence-electron chi connectivity index (χ0n) is 22.1. The van der Waals surface area contributed by atoms with E-state index < -0.39 is 0 Å². The van der Waals surface area contributed by atoms with E-state index in [4.69, 9.17) is 9.47 Å². The molecule has 0 aliphatic carbocycles. The summed E-state index contributed by atoms with van der Waals surface area (Å²) in [6, 6.07) is 34.1. The Bertz CT molecular complexity index is 1580. The predicted molar refractivity (Wildman–Crippen MR) is 158 cm³/mol. The van der Waals surface area contributed by atoms with Crippen molar-refractivity contribution in [3.63, 3.8) is 0 Å². The van der Waals surface area contributed by atoms with Crippen LogP contribution >= 0.6 is 0 Å². The van der Waals surface area contributed by atoms with Gasteiger partial charge in [-0.15, -0.1) is 0 Å². The highest BCUT2D eigenvalue weighted by Crippen LogP contribution is 2.45. The molecule has 38 heavy (non-hydrogen) atoms. The van der Waals surface area contributed by atoms with Crippen molar-refractivity contribution in [2.75, 3.05) is 4.90 Å². The van der Waals surface area contributed by atoms with E-state index in [0.29, 0.717) is 0 Å². The van der Waals surface area contributed by atoms with Gasteiger partial charge in [0.25, 0.3) is 6.71 Å². The third-order valence-electron chi connectivity index (χ3n) is 7.86. The number of aryl methyl sites for hydroxylation is 4. The lowest BCUT2D eigenvalue weighted by molar-refractivity contribution is 0.465. The summed E-state index contributed by atoms with van der Waals surface area (Å²) in [4.78, 5) is 2.38. The maximum Gasteiger partial charge on any atom is 0.260 e. The van der Waals surface area contributed by atoms with Crippen LogP contribution in [0.3, 0.4) is 0 Å². The number of nitrogens with zero attached hydrogens (tertiary/aromatic N) is 1. The van der Waals surface area contributed by atoms with Gasteiger partial charge >= 0.3 is 0 Å². The molecule has 184 valence electrons. The predicted octanol–water partition coefficient (Wildman–Crippen LogP) is 7.12. The minimum atomic E-state index is 0.0674. The Kier molecular flexibility index (Phi) is 5.12. The zero-order valence-corrected chi connectivity index (χ0v) is 22.1. The number of para-hydroxylation sites is 4. The average Bonchev–Trinajstić information content (AvgIpc) is 2.91. The standard InChI is InChI=1S/C34H28BNO2/c1-21-11-9-12-22(2)33(21)36(34-23(3)13-10-14-24(34)4)25-19-30-32-31(20-25)38-29-18-8-6-16-27(29)35(32)26-15-5-7-17-28(26)37-30/h5-20H,1-4H3. The molecule has 4 heteroatoms. The van der Waals surface area contributed by atoms with Crippen molar-refractivity contribution >= 4 is 40.2 Å². The summed E-state index contributed by atoms with van der Waals surface area (Å²) in [6.07, 6.45) is 0. The van der Waals surface area contributed by atoms with Crippen LogP contribution in [0.4, 0.5) is 17.1 Å². The molecule has 0 atom stereocenters. The van der Waals surface area contributed by atoms with E-state index in [1.165, 1.54) is 44.6 Å². The van der Waals surface area contributed by atoms with Crippen LogP contribution in [-0.4, -0.2) is 6.71 Å². The number of fused-ring (bicyclic) bond motifs is 4. The van der Waals surface area contributed by atoms with E-state index in [1.54, 1.807) is 0 Å². The molecule has 0 radical (unpaired) electrons. The smallest absolute Gasteiger partial charge is 0.260 e. The van der Waals surface area contributed by atoms with Crippen LogP contribution in [0.2, 0.25) is 0 Å². The van der Waals surface area contributed by atoms with E-state index >= 15 is 0 Å². The first-order chi connectivity index (χ1) is 18.5. The third kappa shape index (κ3) is 3.37. The highest BCUT2D eigenvalue weighted by atomic mass is 16.5. The normalized spacial score (nSPS) is 12.6. The maximum absolute atomic E-state index is 6.62. The number of anilines is 3. The van der Waals surface area contributed by atoms with E-state index in [2.05, 4.69) is 118 Å². The first-order valence-electron chi connectivity index (χ1n) is 13.2. The van der Waals surface area contributed by atoms with Gasteiger partial charge in [-0.3, -0.25) is 0 Å². The van der Waals surface area contributed by atoms with Crippen molar-refractivity contribution in [2.45, 2.75) is 27.7 Å². The topological polar surface area (TPSA) is 21.7 Å². The van der Waals surface area contributed by atoms with Crippen LogP contribution in [0.1, 0.15) is 22.3 Å². The molecule has 0 amide bonds. The van der Waals surface area contributed by atoms with Gasteiger partial charge in [0.05, 0.1) is 17.1 Å². The van der Waals surface area contributed by atoms with Gasteiger partial charge in [-0.1, -0.05) is 72.8 Å². The Morgan fingerprint density at radius 1 is 0.500 bits per heavy atom. The van der Waals surface area contributed by atoms with Crippen LogP contribution in [0, 0.1) is 27.7 Å². The fraction of sp³-hybridized carbons (Fsp3) is 0.118. The second-order valence-electron chi connectivity index (χ2n) is 10.4. The van der Waals surface area contributed by atoms with Crippen molar-refractivity contribution in [1.82, 2.24) is 0 Å². The molecule has 0 unspecified atom stereocenters. The molecule has 2 aliphatic heterocycles. The first kappa shape index (κ1) is 22.7. The quantitative estimate of drug-likeness (QED) is 0.245. The first-order valence-corrected chi connectivity index (χ1v) is 13.2. The van der Waals surface area contributed by atoms with Gasteiger partial charge in [0.15, 0.2) is 0 Å². The molecule has 0 saturated heterocycles. The second kappa shape index (κ2) is 8.56. The van der Waals surface area contributed by atoms with Crippen LogP contribution < -0.4 is 30.8 Å². The molecule has 0 aromatic heterocycles. The maximum atomic E-state index is 6.62. The summed E-state index contributed by atoms with van der Waals surface area (Å²) in [7, 11) is 0. The van der Waals surface area contributed by atoms with Crippen molar-refractivity contribution in [2.24, 2.45) is 0 Å². The largest absolute Gasteiger partial charge is 0.458 e. The molecule has 3 nitrogen and oxygen atoms in total. The van der Waals surface area contributed by atoms with Gasteiger partial charge in [0.1, 0.15) is 23.0 Å². The van der Waals surface area contributed by atoms with Gasteiger partial charge in [-0.25, -0.2) is 0 Å². The SMILES string of the molecule is Cc1cccc(C)c1N(c1cc2c3c(c1)Oc1ccccc1B3c1ccccc1O2)c1c(C)cccc1C. The summed E-state index contributed by atoms with van der Waals surface area (Å²) in [5, 5.41) is 0. The van der Waals surface area contributed by atoms with Gasteiger partial charge < -0.3 is 14.4 Å². The summed E-state index contributed by atoms with van der Waals surface area (Å²) in [6.45, 7) is 8.79. The monoisotopic (exact) mass is 493 g/mol. The summed E-state index contributed by atoms with van der Waals surface area (Å²) in [5.74, 6) is 3.49. The summed E-state index contributed by atoms with van der Waals surface area (Å²) >= 11 is 0. The Hall–Kier alpha value is -4.44. The molecular weight excluding hydrogens is 465 g/mol. The van der Waals surface area contributed by atoms with Crippen molar-refractivity contribution in [1.29, 1.82) is 0 Å². The molecule has 0 bridgehead atoms. The third-order valence-corrected chi connectivity index (χ3v) is 7.86. The lowest BCUT2D eigenvalue weighted by Gasteiger charge is -2.36. The molecule has 0 saturated carbocycles. The van der Waals surface area contributed by atoms with E-state index in [0.717, 1.165) is 34.1 Å². The summed E-state index contributed by atoms with van der Waals surface area (Å²) in [5.41, 5.74) is 11.7. The Morgan fingerprint density at radius 2 is 0.921 bits per heavy atom. The van der Waals surface area contributed by atoms with Crippen molar-refractivity contribution in [3.8, 4) is 23.0 Å². The Balaban J connectivity index is 1.52. The fourth-order valence-electron chi connectivity index (χ4n) is 6.20. The molecule has 2 aliphatic rings. The second-order valence-corrected chi connectivity index (χ2v) is 10.4. The average molecular weight is 493 g/mol. The number of ether oxygens (including phenoxy) is 2. The van der Waals surface area contributed by atoms with E-state index in [9.17, 15) is 0 Å². The minimum Gasteiger partial charge on any atom is -0.458 e. The number of hydrogen-bond donors (Lipinski definition) is 0. The molecule has 5 aromatic carbocycles. The van der Waals surface area contributed by atoms with Crippen LogP contribution in [0.5, 0.6) is 23.0 Å². The molecule has 2 heterocycles. The fourth-order valence-corrected chi connectivity index (χ4v) is 6.20.